The van der Waals surface area contributed by atoms with Crippen LogP contribution >= 0.6 is 0 Å². The maximum atomic E-state index is 12.1. The number of nitrogens with one attached hydrogen (secondary N) is 1. The molecule has 0 aromatic carbocycles. The van der Waals surface area contributed by atoms with Gasteiger partial charge in [0.15, 0.2) is 6.10 Å². The summed E-state index contributed by atoms with van der Waals surface area (Å²) >= 11 is 0. The molecule has 0 radical (unpaired) electrons. The van der Waals surface area contributed by atoms with Crippen LogP contribution in [0.15, 0.2) is 0 Å². The normalized spacial score (nSPS) is 19.9. The van der Waals surface area contributed by atoms with Crippen molar-refractivity contribution in [2.24, 2.45) is 5.92 Å². The molecule has 120 valence electrons. The van der Waals surface area contributed by atoms with Gasteiger partial charge in [-0.2, -0.15) is 0 Å². The maximum Gasteiger partial charge on any atom is 0.334 e. The van der Waals surface area contributed by atoms with Crippen molar-refractivity contribution in [2.75, 3.05) is 26.7 Å². The Kier molecular flexibility index (Phi) is 7.14. The predicted molar refractivity (Wildman–Crippen MR) is 75.7 cm³/mol. The second-order valence-corrected chi connectivity index (χ2v) is 5.24. The Labute approximate surface area is 124 Å². The molecule has 0 aliphatic carbocycles. The average molecular weight is 300 g/mol. The molecule has 0 saturated carbocycles. The summed E-state index contributed by atoms with van der Waals surface area (Å²) in [4.78, 5) is 36.5. The van der Waals surface area contributed by atoms with E-state index in [-0.39, 0.29) is 24.3 Å². The number of ether oxygens (including phenoxy) is 1. The largest absolute Gasteiger partial charge is 0.479 e. The van der Waals surface area contributed by atoms with Crippen molar-refractivity contribution in [1.29, 1.82) is 0 Å². The first-order chi connectivity index (χ1) is 9.99. The molecule has 2 N–H and O–H groups in total. The van der Waals surface area contributed by atoms with E-state index in [1.165, 1.54) is 7.11 Å². The number of likely N-dealkylation sites (tertiary alicyclic amines) is 1. The van der Waals surface area contributed by atoms with E-state index in [1.807, 2.05) is 6.92 Å². The van der Waals surface area contributed by atoms with Gasteiger partial charge in [-0.3, -0.25) is 9.59 Å². The smallest absolute Gasteiger partial charge is 0.334 e. The number of methoxy groups -OCH3 is 1. The highest BCUT2D eigenvalue weighted by Gasteiger charge is 2.28. The molecule has 7 nitrogen and oxygen atoms in total. The van der Waals surface area contributed by atoms with Crippen molar-refractivity contribution in [3.05, 3.63) is 0 Å². The summed E-state index contributed by atoms with van der Waals surface area (Å²) in [5, 5.41) is 11.4. The van der Waals surface area contributed by atoms with Crippen LogP contribution in [-0.4, -0.2) is 60.6 Å². The van der Waals surface area contributed by atoms with Crippen LogP contribution in [0.5, 0.6) is 0 Å². The van der Waals surface area contributed by atoms with E-state index in [9.17, 15) is 14.4 Å². The fraction of sp³-hybridized carbons (Fsp3) is 0.786. The first-order valence-electron chi connectivity index (χ1n) is 7.30. The molecule has 1 aliphatic heterocycles. The van der Waals surface area contributed by atoms with Crippen molar-refractivity contribution < 1.29 is 24.2 Å². The first kappa shape index (κ1) is 17.4. The molecular weight excluding hydrogens is 276 g/mol. The van der Waals surface area contributed by atoms with Gasteiger partial charge in [-0.25, -0.2) is 4.79 Å². The number of carboxylic acids is 1. The van der Waals surface area contributed by atoms with Crippen LogP contribution < -0.4 is 5.32 Å². The van der Waals surface area contributed by atoms with E-state index in [0.29, 0.717) is 25.9 Å². The van der Waals surface area contributed by atoms with Gasteiger partial charge in [0, 0.05) is 26.6 Å². The Morgan fingerprint density at radius 1 is 1.43 bits per heavy atom. The molecule has 0 spiro atoms. The Morgan fingerprint density at radius 3 is 2.71 bits per heavy atom. The molecule has 2 unspecified atom stereocenters. The summed E-state index contributed by atoms with van der Waals surface area (Å²) in [6, 6.07) is 0. The van der Waals surface area contributed by atoms with E-state index in [2.05, 4.69) is 5.32 Å². The van der Waals surface area contributed by atoms with Crippen molar-refractivity contribution in [3.8, 4) is 0 Å². The van der Waals surface area contributed by atoms with Gasteiger partial charge in [-0.1, -0.05) is 6.92 Å². The molecule has 0 aromatic rings. The second-order valence-electron chi connectivity index (χ2n) is 5.24. The van der Waals surface area contributed by atoms with Gasteiger partial charge in [0.05, 0.1) is 12.5 Å². The van der Waals surface area contributed by atoms with Crippen LogP contribution in [0.2, 0.25) is 0 Å². The molecule has 1 fully saturated rings. The number of nitrogens with zero attached hydrogens (tertiary/aromatic N) is 1. The van der Waals surface area contributed by atoms with Crippen molar-refractivity contribution in [1.82, 2.24) is 10.2 Å². The number of rotatable bonds is 7. The van der Waals surface area contributed by atoms with Crippen molar-refractivity contribution in [3.63, 3.8) is 0 Å². The maximum absolute atomic E-state index is 12.1. The third-order valence-electron chi connectivity index (χ3n) is 3.63. The number of hydrogen-bond donors (Lipinski definition) is 2. The van der Waals surface area contributed by atoms with Crippen molar-refractivity contribution >= 4 is 17.8 Å². The minimum Gasteiger partial charge on any atom is -0.479 e. The van der Waals surface area contributed by atoms with Gasteiger partial charge in [-0.05, 0) is 19.3 Å². The molecule has 7 heteroatoms. The van der Waals surface area contributed by atoms with Gasteiger partial charge < -0.3 is 20.1 Å². The molecule has 1 aliphatic rings. The molecular formula is C14H24N2O5. The van der Waals surface area contributed by atoms with Crippen LogP contribution in [0.3, 0.4) is 0 Å². The quantitative estimate of drug-likeness (QED) is 0.702. The zero-order valence-corrected chi connectivity index (χ0v) is 12.6. The fourth-order valence-electron chi connectivity index (χ4n) is 2.40. The fourth-order valence-corrected chi connectivity index (χ4v) is 2.40. The third kappa shape index (κ3) is 5.34. The Hall–Kier alpha value is -1.63. The molecule has 0 aromatic heterocycles. The summed E-state index contributed by atoms with van der Waals surface area (Å²) < 4.78 is 4.76. The molecule has 2 atom stereocenters. The molecule has 1 rings (SSSR count). The van der Waals surface area contributed by atoms with Crippen LogP contribution in [0.1, 0.15) is 32.6 Å². The molecule has 0 bridgehead atoms. The Balaban J connectivity index is 2.46. The average Bonchev–Trinajstić information content (AvgIpc) is 2.47. The summed E-state index contributed by atoms with van der Waals surface area (Å²) in [6.07, 6.45) is 1.75. The lowest BCUT2D eigenvalue weighted by Gasteiger charge is -2.32. The topological polar surface area (TPSA) is 95.9 Å². The highest BCUT2D eigenvalue weighted by molar-refractivity contribution is 5.82. The Bertz CT molecular complexity index is 386. The molecule has 21 heavy (non-hydrogen) atoms. The van der Waals surface area contributed by atoms with Crippen LogP contribution in [0.25, 0.3) is 0 Å². The lowest BCUT2D eigenvalue weighted by molar-refractivity contribution is -0.148. The molecule has 1 heterocycles. The zero-order valence-electron chi connectivity index (χ0n) is 12.6. The van der Waals surface area contributed by atoms with E-state index >= 15 is 0 Å². The number of aliphatic carboxylic acids is 1. The lowest BCUT2D eigenvalue weighted by Crippen LogP contribution is -2.47. The monoisotopic (exact) mass is 300 g/mol. The second kappa shape index (κ2) is 8.61. The zero-order chi connectivity index (χ0) is 15.8. The SMILES string of the molecule is CCCC(=O)N1CCCC(C(=O)NCC(OC)C(=O)O)C1. The van der Waals surface area contributed by atoms with E-state index < -0.39 is 12.1 Å². The third-order valence-corrected chi connectivity index (χ3v) is 3.63. The highest BCUT2D eigenvalue weighted by Crippen LogP contribution is 2.17. The van der Waals surface area contributed by atoms with Gasteiger partial charge in [-0.15, -0.1) is 0 Å². The van der Waals surface area contributed by atoms with Crippen LogP contribution in [0, 0.1) is 5.92 Å². The minimum atomic E-state index is -1.11. The summed E-state index contributed by atoms with van der Waals surface area (Å²) in [6.45, 7) is 2.99. The summed E-state index contributed by atoms with van der Waals surface area (Å²) in [5.74, 6) is -1.52. The van der Waals surface area contributed by atoms with E-state index in [4.69, 9.17) is 9.84 Å². The number of amides is 2. The van der Waals surface area contributed by atoms with E-state index in [0.717, 1.165) is 12.8 Å². The number of piperidine rings is 1. The summed E-state index contributed by atoms with van der Waals surface area (Å²) in [5.41, 5.74) is 0. The molecule has 2 amide bonds. The number of carbonyl (C=O) groups is 3. The number of hydrogen-bond acceptors (Lipinski definition) is 4. The number of carboxylic acid groups (broad SMARTS) is 1. The van der Waals surface area contributed by atoms with Crippen molar-refractivity contribution in [2.45, 2.75) is 38.7 Å². The predicted octanol–water partition coefficient (Wildman–Crippen LogP) is 0.241. The van der Waals surface area contributed by atoms with Crippen LogP contribution in [0.4, 0.5) is 0 Å². The van der Waals surface area contributed by atoms with Crippen LogP contribution in [-0.2, 0) is 19.1 Å². The highest BCUT2D eigenvalue weighted by atomic mass is 16.5. The van der Waals surface area contributed by atoms with Gasteiger partial charge >= 0.3 is 5.97 Å². The first-order valence-corrected chi connectivity index (χ1v) is 7.30. The standard InChI is InChI=1S/C14H24N2O5/c1-3-5-12(17)16-7-4-6-10(9-16)13(18)15-8-11(21-2)14(19)20/h10-11H,3-9H2,1-2H3,(H,15,18)(H,19,20). The lowest BCUT2D eigenvalue weighted by atomic mass is 9.96. The van der Waals surface area contributed by atoms with Gasteiger partial charge in [0.1, 0.15) is 0 Å². The summed E-state index contributed by atoms with van der Waals surface area (Å²) in [7, 11) is 1.29. The Morgan fingerprint density at radius 2 is 2.14 bits per heavy atom. The van der Waals surface area contributed by atoms with E-state index in [1.54, 1.807) is 4.90 Å². The van der Waals surface area contributed by atoms with Gasteiger partial charge in [0.25, 0.3) is 0 Å². The van der Waals surface area contributed by atoms with Gasteiger partial charge in [0.2, 0.25) is 11.8 Å². The molecule has 1 saturated heterocycles. The number of carbonyl (C=O) groups excluding carboxylic acids is 2. The minimum absolute atomic E-state index is 0.0654.